The topological polar surface area (TPSA) is 0 Å². The van der Waals surface area contributed by atoms with E-state index < -0.39 is 0 Å². The third kappa shape index (κ3) is 16.7. The standard InChI is InChI=1S/C12H26.C2H6.CH4/c1-7-12(5,6)10-8-9-11(2,3)4;1-2;/h7-10H2,1-6H3;1-2H3;1H4. The van der Waals surface area contributed by atoms with Crippen molar-refractivity contribution < 1.29 is 0 Å². The van der Waals surface area contributed by atoms with Gasteiger partial charge < -0.3 is 0 Å². The lowest BCUT2D eigenvalue weighted by atomic mass is 9.81. The maximum absolute atomic E-state index is 2.37. The van der Waals surface area contributed by atoms with Crippen molar-refractivity contribution in [2.24, 2.45) is 10.8 Å². The van der Waals surface area contributed by atoms with Gasteiger partial charge in [0.15, 0.2) is 0 Å². The van der Waals surface area contributed by atoms with E-state index in [0.29, 0.717) is 10.8 Å². The van der Waals surface area contributed by atoms with Crippen molar-refractivity contribution in [2.45, 2.75) is 88.5 Å². The Labute approximate surface area is 99.9 Å². The van der Waals surface area contributed by atoms with Crippen LogP contribution >= 0.6 is 0 Å². The summed E-state index contributed by atoms with van der Waals surface area (Å²) in [5.74, 6) is 0. The van der Waals surface area contributed by atoms with Crippen molar-refractivity contribution in [2.75, 3.05) is 0 Å². The Morgan fingerprint density at radius 3 is 1.47 bits per heavy atom. The fourth-order valence-electron chi connectivity index (χ4n) is 1.27. The molecule has 0 aliphatic carbocycles. The minimum Gasteiger partial charge on any atom is -0.0776 e. The van der Waals surface area contributed by atoms with Crippen LogP contribution in [-0.4, -0.2) is 0 Å². The van der Waals surface area contributed by atoms with Crippen molar-refractivity contribution in [1.29, 1.82) is 0 Å². The highest BCUT2D eigenvalue weighted by atomic mass is 14.2. The molecule has 0 aromatic carbocycles. The number of hydrogen-bond donors (Lipinski definition) is 0. The first-order chi connectivity index (χ1) is 6.27. The highest BCUT2D eigenvalue weighted by Crippen LogP contribution is 2.30. The average Bonchev–Trinajstić information content (AvgIpc) is 2.05. The summed E-state index contributed by atoms with van der Waals surface area (Å²) in [6.45, 7) is 18.0. The maximum atomic E-state index is 2.37. The molecule has 0 heteroatoms. The summed E-state index contributed by atoms with van der Waals surface area (Å²) < 4.78 is 0. The van der Waals surface area contributed by atoms with E-state index in [2.05, 4.69) is 41.5 Å². The van der Waals surface area contributed by atoms with E-state index in [4.69, 9.17) is 0 Å². The maximum Gasteiger partial charge on any atom is -0.0357 e. The second-order valence-corrected chi connectivity index (χ2v) is 5.93. The van der Waals surface area contributed by atoms with Crippen LogP contribution in [0.5, 0.6) is 0 Å². The summed E-state index contributed by atoms with van der Waals surface area (Å²) in [5.41, 5.74) is 1.08. The zero-order valence-corrected chi connectivity index (χ0v) is 11.8. The molecule has 0 aromatic rings. The molecule has 0 heterocycles. The van der Waals surface area contributed by atoms with Gasteiger partial charge in [0.05, 0.1) is 0 Å². The quantitative estimate of drug-likeness (QED) is 0.517. The second-order valence-electron chi connectivity index (χ2n) is 5.93. The minimum atomic E-state index is 0. The van der Waals surface area contributed by atoms with Crippen LogP contribution in [0.25, 0.3) is 0 Å². The van der Waals surface area contributed by atoms with Crippen LogP contribution in [0.2, 0.25) is 0 Å². The van der Waals surface area contributed by atoms with Crippen LogP contribution in [0.3, 0.4) is 0 Å². The summed E-state index contributed by atoms with van der Waals surface area (Å²) in [5, 5.41) is 0. The number of hydrogen-bond acceptors (Lipinski definition) is 0. The molecule has 0 N–H and O–H groups in total. The molecular formula is C15H36. The summed E-state index contributed by atoms with van der Waals surface area (Å²) in [6, 6.07) is 0. The SMILES string of the molecule is C.CC.CCC(C)(C)CCCC(C)(C)C. The zero-order valence-electron chi connectivity index (χ0n) is 11.8. The van der Waals surface area contributed by atoms with Crippen LogP contribution in [-0.2, 0) is 0 Å². The first-order valence-electron chi connectivity index (χ1n) is 6.27. The van der Waals surface area contributed by atoms with E-state index in [1.165, 1.54) is 25.7 Å². The Hall–Kier alpha value is 0. The fraction of sp³-hybridized carbons (Fsp3) is 1.00. The van der Waals surface area contributed by atoms with E-state index in [-0.39, 0.29) is 7.43 Å². The third-order valence-electron chi connectivity index (χ3n) is 2.74. The van der Waals surface area contributed by atoms with E-state index in [9.17, 15) is 0 Å². The first kappa shape index (κ1) is 20.4. The van der Waals surface area contributed by atoms with E-state index in [1.54, 1.807) is 0 Å². The third-order valence-corrected chi connectivity index (χ3v) is 2.74. The average molecular weight is 216 g/mol. The Morgan fingerprint density at radius 1 is 0.800 bits per heavy atom. The molecule has 0 bridgehead atoms. The highest BCUT2D eigenvalue weighted by molar-refractivity contribution is 4.69. The van der Waals surface area contributed by atoms with Gasteiger partial charge in [0.25, 0.3) is 0 Å². The lowest BCUT2D eigenvalue weighted by Crippen LogP contribution is -2.12. The van der Waals surface area contributed by atoms with E-state index in [0.717, 1.165) is 0 Å². The molecule has 0 unspecified atom stereocenters. The largest absolute Gasteiger partial charge is 0.0776 e. The molecule has 0 rings (SSSR count). The molecule has 0 spiro atoms. The predicted molar refractivity (Wildman–Crippen MR) is 75.5 cm³/mol. The van der Waals surface area contributed by atoms with Gasteiger partial charge in [-0.25, -0.2) is 0 Å². The Balaban J connectivity index is -0.000000449. The summed E-state index contributed by atoms with van der Waals surface area (Å²) in [7, 11) is 0. The smallest absolute Gasteiger partial charge is 0.0357 e. The molecule has 0 radical (unpaired) electrons. The molecule has 15 heavy (non-hydrogen) atoms. The monoisotopic (exact) mass is 216 g/mol. The molecule has 0 aliphatic heterocycles. The van der Waals surface area contributed by atoms with Gasteiger partial charge in [0, 0.05) is 0 Å². The van der Waals surface area contributed by atoms with Gasteiger partial charge in [0.2, 0.25) is 0 Å². The van der Waals surface area contributed by atoms with Crippen LogP contribution in [0.1, 0.15) is 88.5 Å². The zero-order chi connectivity index (χ0) is 11.8. The van der Waals surface area contributed by atoms with Crippen molar-refractivity contribution in [3.05, 3.63) is 0 Å². The molecule has 96 valence electrons. The van der Waals surface area contributed by atoms with Crippen LogP contribution in [0.15, 0.2) is 0 Å². The van der Waals surface area contributed by atoms with Crippen LogP contribution in [0.4, 0.5) is 0 Å². The Kier molecular flexibility index (Phi) is 12.6. The van der Waals surface area contributed by atoms with Crippen molar-refractivity contribution in [3.63, 3.8) is 0 Å². The van der Waals surface area contributed by atoms with Crippen molar-refractivity contribution >= 4 is 0 Å². The lowest BCUT2D eigenvalue weighted by Gasteiger charge is -2.25. The Morgan fingerprint density at radius 2 is 1.20 bits per heavy atom. The minimum absolute atomic E-state index is 0. The first-order valence-corrected chi connectivity index (χ1v) is 6.27. The lowest BCUT2D eigenvalue weighted by molar-refractivity contribution is 0.274. The Bertz CT molecular complexity index is 114. The number of rotatable bonds is 4. The molecule has 0 saturated heterocycles. The molecule has 0 amide bonds. The molecule has 0 aromatic heterocycles. The van der Waals surface area contributed by atoms with Gasteiger partial charge in [-0.05, 0) is 23.7 Å². The molecular weight excluding hydrogens is 180 g/mol. The predicted octanol–water partition coefficient (Wildman–Crippen LogP) is 6.30. The highest BCUT2D eigenvalue weighted by Gasteiger charge is 2.16. The summed E-state index contributed by atoms with van der Waals surface area (Å²) >= 11 is 0. The van der Waals surface area contributed by atoms with Crippen LogP contribution in [0, 0.1) is 10.8 Å². The molecule has 0 saturated carbocycles. The van der Waals surface area contributed by atoms with Gasteiger partial charge in [-0.2, -0.15) is 0 Å². The van der Waals surface area contributed by atoms with Gasteiger partial charge in [-0.15, -0.1) is 0 Å². The van der Waals surface area contributed by atoms with Gasteiger partial charge in [-0.3, -0.25) is 0 Å². The molecule has 0 atom stereocenters. The normalized spacial score (nSPS) is 11.2. The van der Waals surface area contributed by atoms with E-state index >= 15 is 0 Å². The van der Waals surface area contributed by atoms with Crippen molar-refractivity contribution in [3.8, 4) is 0 Å². The summed E-state index contributed by atoms with van der Waals surface area (Å²) in [6.07, 6.45) is 5.42. The van der Waals surface area contributed by atoms with E-state index in [1.807, 2.05) is 13.8 Å². The van der Waals surface area contributed by atoms with Crippen molar-refractivity contribution in [1.82, 2.24) is 0 Å². The molecule has 0 nitrogen and oxygen atoms in total. The van der Waals surface area contributed by atoms with Crippen LogP contribution < -0.4 is 0 Å². The van der Waals surface area contributed by atoms with Gasteiger partial charge in [0.1, 0.15) is 0 Å². The fourth-order valence-corrected chi connectivity index (χ4v) is 1.27. The van der Waals surface area contributed by atoms with Gasteiger partial charge in [-0.1, -0.05) is 75.7 Å². The molecule has 0 fully saturated rings. The van der Waals surface area contributed by atoms with Gasteiger partial charge >= 0.3 is 0 Å². The second kappa shape index (κ2) is 9.24. The summed E-state index contributed by atoms with van der Waals surface area (Å²) in [4.78, 5) is 0. The molecule has 0 aliphatic rings.